The summed E-state index contributed by atoms with van der Waals surface area (Å²) in [6.07, 6.45) is 13.9. The molecule has 0 spiro atoms. The molecule has 0 atom stereocenters. The van der Waals surface area contributed by atoms with Crippen LogP contribution in [-0.2, 0) is 0 Å². The molecule has 86 valence electrons. The van der Waals surface area contributed by atoms with Crippen molar-refractivity contribution in [3.8, 4) is 0 Å². The predicted octanol–water partition coefficient (Wildman–Crippen LogP) is 0.333. The van der Waals surface area contributed by atoms with E-state index in [-0.39, 0.29) is 0 Å². The number of aromatic nitrogens is 3. The average molecular weight is 230 g/mol. The number of nitrogens with one attached hydrogen (secondary N) is 3. The van der Waals surface area contributed by atoms with Gasteiger partial charge in [0.1, 0.15) is 0 Å². The first-order valence-electron chi connectivity index (χ1n) is 5.21. The topological polar surface area (TPSA) is 79.9 Å². The molecule has 0 aromatic carbocycles. The molecule has 1 aromatic heterocycles. The van der Waals surface area contributed by atoms with E-state index in [4.69, 9.17) is 0 Å². The van der Waals surface area contributed by atoms with Crippen LogP contribution in [-0.4, -0.2) is 9.97 Å². The molecule has 0 saturated heterocycles. The van der Waals surface area contributed by atoms with Crippen molar-refractivity contribution < 1.29 is 4.98 Å². The van der Waals surface area contributed by atoms with Gasteiger partial charge in [0.05, 0.1) is 0 Å². The van der Waals surface area contributed by atoms with Crippen molar-refractivity contribution in [1.82, 2.24) is 9.97 Å². The van der Waals surface area contributed by atoms with E-state index in [0.29, 0.717) is 12.2 Å². The number of hydrogen-bond donors (Lipinski definition) is 2. The zero-order valence-corrected chi connectivity index (χ0v) is 9.07. The number of allylic oxidation sites excluding steroid dienone is 8. The van der Waals surface area contributed by atoms with Gasteiger partial charge in [-0.15, -0.1) is 0 Å². The molecule has 0 saturated carbocycles. The second-order valence-electron chi connectivity index (χ2n) is 3.50. The summed E-state index contributed by atoms with van der Waals surface area (Å²) < 4.78 is 0. The Balaban J connectivity index is 2.44. The summed E-state index contributed by atoms with van der Waals surface area (Å²) in [5.74, 6) is 0.426. The van der Waals surface area contributed by atoms with Gasteiger partial charge in [0.2, 0.25) is 5.82 Å². The SMILES string of the molecule is O=c1[nH]c(/C2=C/C=C\C=C/C=C\C2)[nH+]c(=O)[nH]1. The fraction of sp³-hybridized carbons (Fsp3) is 0.0833. The van der Waals surface area contributed by atoms with E-state index in [1.165, 1.54) is 0 Å². The maximum Gasteiger partial charge on any atom is 0.443 e. The van der Waals surface area contributed by atoms with Gasteiger partial charge in [-0.3, -0.25) is 0 Å². The second kappa shape index (κ2) is 5.07. The minimum atomic E-state index is -0.518. The third kappa shape index (κ3) is 3.01. The van der Waals surface area contributed by atoms with Gasteiger partial charge in [0.25, 0.3) is 0 Å². The van der Waals surface area contributed by atoms with Gasteiger partial charge in [0, 0.05) is 5.57 Å². The maximum atomic E-state index is 11.2. The fourth-order valence-electron chi connectivity index (χ4n) is 1.48. The van der Waals surface area contributed by atoms with E-state index in [0.717, 1.165) is 5.57 Å². The first kappa shape index (κ1) is 11.1. The molecule has 3 N–H and O–H groups in total. The molecule has 0 unspecified atom stereocenters. The molecule has 5 heteroatoms. The van der Waals surface area contributed by atoms with E-state index in [2.05, 4.69) is 15.0 Å². The number of rotatable bonds is 1. The van der Waals surface area contributed by atoms with E-state index in [9.17, 15) is 9.59 Å². The summed E-state index contributed by atoms with van der Waals surface area (Å²) in [5, 5.41) is 0. The van der Waals surface area contributed by atoms with Crippen LogP contribution in [0.5, 0.6) is 0 Å². The van der Waals surface area contributed by atoms with Gasteiger partial charge in [-0.05, 0) is 6.42 Å². The summed E-state index contributed by atoms with van der Waals surface area (Å²) in [4.78, 5) is 29.6. The molecule has 0 radical (unpaired) electrons. The summed E-state index contributed by atoms with van der Waals surface area (Å²) in [5.41, 5.74) is -0.199. The fourth-order valence-corrected chi connectivity index (χ4v) is 1.48. The third-order valence-corrected chi connectivity index (χ3v) is 2.24. The van der Waals surface area contributed by atoms with E-state index in [1.54, 1.807) is 0 Å². The van der Waals surface area contributed by atoms with Crippen LogP contribution >= 0.6 is 0 Å². The Kier molecular flexibility index (Phi) is 3.30. The maximum absolute atomic E-state index is 11.2. The Morgan fingerprint density at radius 3 is 2.59 bits per heavy atom. The number of hydrogen-bond acceptors (Lipinski definition) is 2. The Bertz CT molecular complexity index is 601. The molecular formula is C12H12N3O2+. The molecule has 1 aromatic rings. The molecule has 0 fully saturated rings. The van der Waals surface area contributed by atoms with Crippen LogP contribution < -0.4 is 16.4 Å². The molecule has 2 rings (SSSR count). The lowest BCUT2D eigenvalue weighted by Gasteiger charge is -1.97. The Hall–Kier alpha value is -2.43. The quantitative estimate of drug-likeness (QED) is 0.729. The van der Waals surface area contributed by atoms with Crippen molar-refractivity contribution in [2.24, 2.45) is 0 Å². The van der Waals surface area contributed by atoms with Gasteiger partial charge in [-0.2, -0.15) is 4.98 Å². The van der Waals surface area contributed by atoms with Crippen LogP contribution in [0.25, 0.3) is 5.57 Å². The number of aromatic amines is 3. The van der Waals surface area contributed by atoms with Crippen molar-refractivity contribution >= 4 is 5.57 Å². The van der Waals surface area contributed by atoms with Crippen LogP contribution in [0, 0.1) is 0 Å². The van der Waals surface area contributed by atoms with Gasteiger partial charge in [-0.25, -0.2) is 19.6 Å². The van der Waals surface area contributed by atoms with E-state index in [1.807, 2.05) is 42.5 Å². The highest BCUT2D eigenvalue weighted by Crippen LogP contribution is 2.12. The molecule has 1 heterocycles. The van der Waals surface area contributed by atoms with Crippen molar-refractivity contribution in [2.75, 3.05) is 0 Å². The highest BCUT2D eigenvalue weighted by molar-refractivity contribution is 5.61. The first-order chi connectivity index (χ1) is 8.25. The summed E-state index contributed by atoms with van der Waals surface area (Å²) >= 11 is 0. The van der Waals surface area contributed by atoms with Crippen LogP contribution in [0.1, 0.15) is 12.2 Å². The van der Waals surface area contributed by atoms with Crippen molar-refractivity contribution in [2.45, 2.75) is 6.42 Å². The van der Waals surface area contributed by atoms with Crippen molar-refractivity contribution in [3.05, 3.63) is 69.3 Å². The predicted molar refractivity (Wildman–Crippen MR) is 64.3 cm³/mol. The van der Waals surface area contributed by atoms with E-state index >= 15 is 0 Å². The molecule has 5 nitrogen and oxygen atoms in total. The van der Waals surface area contributed by atoms with Crippen molar-refractivity contribution in [3.63, 3.8) is 0 Å². The second-order valence-corrected chi connectivity index (χ2v) is 3.50. The van der Waals surface area contributed by atoms with Crippen LogP contribution in [0.4, 0.5) is 0 Å². The van der Waals surface area contributed by atoms with Gasteiger partial charge in [-0.1, -0.05) is 42.5 Å². The van der Waals surface area contributed by atoms with Crippen LogP contribution in [0.2, 0.25) is 0 Å². The Morgan fingerprint density at radius 1 is 1.00 bits per heavy atom. The minimum absolute atomic E-state index is 0.426. The number of H-pyrrole nitrogens is 3. The molecule has 0 amide bonds. The lowest BCUT2D eigenvalue weighted by atomic mass is 10.1. The average Bonchev–Trinajstić information content (AvgIpc) is 2.40. The lowest BCUT2D eigenvalue weighted by molar-refractivity contribution is -0.411. The highest BCUT2D eigenvalue weighted by atomic mass is 16.2. The monoisotopic (exact) mass is 230 g/mol. The molecule has 0 aliphatic heterocycles. The largest absolute Gasteiger partial charge is 0.443 e. The van der Waals surface area contributed by atoms with Crippen LogP contribution in [0.3, 0.4) is 0 Å². The normalized spacial score (nSPS) is 23.6. The van der Waals surface area contributed by atoms with Crippen molar-refractivity contribution in [1.29, 1.82) is 0 Å². The van der Waals surface area contributed by atoms with Gasteiger partial charge < -0.3 is 0 Å². The first-order valence-corrected chi connectivity index (χ1v) is 5.21. The summed E-state index contributed by atoms with van der Waals surface area (Å²) in [7, 11) is 0. The molecule has 1 aliphatic rings. The molecule has 17 heavy (non-hydrogen) atoms. The zero-order chi connectivity index (χ0) is 12.1. The van der Waals surface area contributed by atoms with Crippen LogP contribution in [0.15, 0.2) is 52.1 Å². The standard InChI is InChI=1S/C12H11N3O2/c16-11-13-10(14-12(17)15-11)9-7-5-3-1-2-4-6-8-9/h1-7H,8H2,(H2,13,14,15,16,17)/p+1/b2-1-,5-3-,6-4-,9-7+. The Morgan fingerprint density at radius 2 is 1.76 bits per heavy atom. The van der Waals surface area contributed by atoms with E-state index < -0.39 is 11.4 Å². The highest BCUT2D eigenvalue weighted by Gasteiger charge is 2.08. The van der Waals surface area contributed by atoms with Gasteiger partial charge >= 0.3 is 11.4 Å². The Labute approximate surface area is 96.9 Å². The molecule has 1 aliphatic carbocycles. The molecule has 0 bridgehead atoms. The summed E-state index contributed by atoms with van der Waals surface area (Å²) in [6, 6.07) is 0. The van der Waals surface area contributed by atoms with Gasteiger partial charge in [0.15, 0.2) is 0 Å². The minimum Gasteiger partial charge on any atom is -0.212 e. The molecular weight excluding hydrogens is 218 g/mol. The zero-order valence-electron chi connectivity index (χ0n) is 9.07. The lowest BCUT2D eigenvalue weighted by Crippen LogP contribution is -2.40. The smallest absolute Gasteiger partial charge is 0.212 e. The summed E-state index contributed by atoms with van der Waals surface area (Å²) in [6.45, 7) is 0. The third-order valence-electron chi connectivity index (χ3n) is 2.24.